The number of carbonyl (C=O) groups excluding carboxylic acids is 4. The molecule has 3 rings (SSSR count). The van der Waals surface area contributed by atoms with Crippen molar-refractivity contribution in [2.75, 3.05) is 0 Å². The van der Waals surface area contributed by atoms with Gasteiger partial charge in [0.15, 0.2) is 11.5 Å². The number of benzene rings is 2. The Labute approximate surface area is 191 Å². The fraction of sp³-hybridized carbons (Fsp3) is 0.231. The Morgan fingerprint density at radius 2 is 1.24 bits per heavy atom. The van der Waals surface area contributed by atoms with Crippen LogP contribution in [0.5, 0.6) is 17.2 Å². The molecule has 0 unspecified atom stereocenters. The van der Waals surface area contributed by atoms with Gasteiger partial charge in [-0.05, 0) is 73.6 Å². The fourth-order valence-electron chi connectivity index (χ4n) is 3.42. The van der Waals surface area contributed by atoms with Crippen LogP contribution in [0, 0.1) is 0 Å². The SMILES string of the molecule is C=C(C)C(=O)Oc1cc(-c2ccc(OC(=O)C(=C)C)c3c2CCC3)ccc1OC(=O)C(C)=O. The standard InChI is InChI=1S/C26H24O7/c1-14(2)24(28)31-21-12-10-18(19-7-6-8-20(19)21)17-9-11-22(32-26(30)16(5)27)23(13-17)33-25(29)15(3)4/h9-13H,1,3,6-8H2,2,4-5H3. The number of hydrogen-bond donors (Lipinski definition) is 0. The third-order valence-electron chi connectivity index (χ3n) is 5.09. The molecule has 0 spiro atoms. The normalized spacial score (nSPS) is 11.8. The van der Waals surface area contributed by atoms with Gasteiger partial charge < -0.3 is 14.2 Å². The maximum absolute atomic E-state index is 12.1. The van der Waals surface area contributed by atoms with Crippen LogP contribution in [0.3, 0.4) is 0 Å². The van der Waals surface area contributed by atoms with Gasteiger partial charge in [0.25, 0.3) is 0 Å². The quantitative estimate of drug-likeness (QED) is 0.270. The average molecular weight is 448 g/mol. The van der Waals surface area contributed by atoms with Crippen LogP contribution in [-0.2, 0) is 32.0 Å². The Balaban J connectivity index is 2.04. The van der Waals surface area contributed by atoms with Crippen molar-refractivity contribution in [2.24, 2.45) is 0 Å². The molecule has 170 valence electrons. The third-order valence-corrected chi connectivity index (χ3v) is 5.09. The van der Waals surface area contributed by atoms with Gasteiger partial charge in [0.05, 0.1) is 0 Å². The molecule has 1 aliphatic carbocycles. The minimum absolute atomic E-state index is 0.0142. The lowest BCUT2D eigenvalue weighted by Crippen LogP contribution is -2.18. The van der Waals surface area contributed by atoms with Crippen LogP contribution in [0.15, 0.2) is 54.6 Å². The first-order valence-corrected chi connectivity index (χ1v) is 10.4. The molecule has 0 saturated carbocycles. The molecule has 0 N–H and O–H groups in total. The van der Waals surface area contributed by atoms with E-state index >= 15 is 0 Å². The maximum atomic E-state index is 12.1. The lowest BCUT2D eigenvalue weighted by molar-refractivity contribution is -0.146. The van der Waals surface area contributed by atoms with E-state index < -0.39 is 23.7 Å². The minimum Gasteiger partial charge on any atom is -0.423 e. The van der Waals surface area contributed by atoms with Crippen LogP contribution in [0.1, 0.15) is 38.3 Å². The highest BCUT2D eigenvalue weighted by molar-refractivity contribution is 6.33. The van der Waals surface area contributed by atoms with Gasteiger partial charge in [0.2, 0.25) is 5.78 Å². The highest BCUT2D eigenvalue weighted by Crippen LogP contribution is 2.41. The summed E-state index contributed by atoms with van der Waals surface area (Å²) in [6, 6.07) is 8.29. The van der Waals surface area contributed by atoms with E-state index in [1.807, 2.05) is 6.07 Å². The lowest BCUT2D eigenvalue weighted by atomic mass is 9.96. The van der Waals surface area contributed by atoms with Crippen molar-refractivity contribution in [3.8, 4) is 28.4 Å². The molecule has 33 heavy (non-hydrogen) atoms. The fourth-order valence-corrected chi connectivity index (χ4v) is 3.42. The van der Waals surface area contributed by atoms with E-state index in [4.69, 9.17) is 14.2 Å². The molecule has 0 aliphatic heterocycles. The highest BCUT2D eigenvalue weighted by atomic mass is 16.6. The van der Waals surface area contributed by atoms with E-state index in [9.17, 15) is 19.2 Å². The number of hydrogen-bond acceptors (Lipinski definition) is 7. The highest BCUT2D eigenvalue weighted by Gasteiger charge is 2.24. The summed E-state index contributed by atoms with van der Waals surface area (Å²) < 4.78 is 16.0. The van der Waals surface area contributed by atoms with Gasteiger partial charge in [-0.2, -0.15) is 0 Å². The van der Waals surface area contributed by atoms with Gasteiger partial charge in [-0.1, -0.05) is 25.3 Å². The number of rotatable bonds is 7. The monoisotopic (exact) mass is 448 g/mol. The summed E-state index contributed by atoms with van der Waals surface area (Å²) in [6.45, 7) is 11.3. The van der Waals surface area contributed by atoms with Gasteiger partial charge in [-0.3, -0.25) is 4.79 Å². The molecule has 0 bridgehead atoms. The number of fused-ring (bicyclic) bond motifs is 1. The molecule has 0 aromatic heterocycles. The van der Waals surface area contributed by atoms with Crippen molar-refractivity contribution >= 4 is 23.7 Å². The number of Topliss-reactive ketones (excluding diaryl/α,β-unsaturated/α-hetero) is 1. The molecule has 7 heteroatoms. The van der Waals surface area contributed by atoms with Crippen LogP contribution in [0.4, 0.5) is 0 Å². The Bertz CT molecular complexity index is 1200. The zero-order chi connectivity index (χ0) is 24.3. The molecule has 0 atom stereocenters. The van der Waals surface area contributed by atoms with E-state index in [0.717, 1.165) is 42.9 Å². The summed E-state index contributed by atoms with van der Waals surface area (Å²) in [6.07, 6.45) is 2.44. The predicted octanol–water partition coefficient (Wildman–Crippen LogP) is 4.30. The van der Waals surface area contributed by atoms with Crippen LogP contribution in [0.25, 0.3) is 11.1 Å². The number of esters is 3. The van der Waals surface area contributed by atoms with Gasteiger partial charge >= 0.3 is 17.9 Å². The van der Waals surface area contributed by atoms with E-state index in [0.29, 0.717) is 16.9 Å². The largest absolute Gasteiger partial charge is 0.423 e. The molecule has 7 nitrogen and oxygen atoms in total. The Kier molecular flexibility index (Phi) is 6.92. The number of ether oxygens (including phenoxy) is 3. The van der Waals surface area contributed by atoms with E-state index in [2.05, 4.69) is 13.2 Å². The molecule has 0 amide bonds. The van der Waals surface area contributed by atoms with E-state index in [-0.39, 0.29) is 17.1 Å². The van der Waals surface area contributed by atoms with E-state index in [1.54, 1.807) is 25.1 Å². The van der Waals surface area contributed by atoms with Gasteiger partial charge in [0, 0.05) is 18.1 Å². The summed E-state index contributed by atoms with van der Waals surface area (Å²) in [5, 5.41) is 0. The first-order valence-electron chi connectivity index (χ1n) is 10.4. The van der Waals surface area contributed by atoms with Crippen molar-refractivity contribution in [1.82, 2.24) is 0 Å². The minimum atomic E-state index is -1.07. The first-order chi connectivity index (χ1) is 15.6. The molecule has 0 radical (unpaired) electrons. The molecule has 0 heterocycles. The molecule has 0 fully saturated rings. The van der Waals surface area contributed by atoms with Crippen molar-refractivity contribution < 1.29 is 33.4 Å². The van der Waals surface area contributed by atoms with Crippen molar-refractivity contribution in [2.45, 2.75) is 40.0 Å². The van der Waals surface area contributed by atoms with Crippen LogP contribution >= 0.6 is 0 Å². The van der Waals surface area contributed by atoms with Gasteiger partial charge in [-0.15, -0.1) is 0 Å². The zero-order valence-electron chi connectivity index (χ0n) is 18.8. The summed E-state index contributed by atoms with van der Waals surface area (Å²) in [4.78, 5) is 47.2. The van der Waals surface area contributed by atoms with Crippen molar-refractivity contribution in [1.29, 1.82) is 0 Å². The molecule has 2 aromatic rings. The Morgan fingerprint density at radius 3 is 1.85 bits per heavy atom. The molecule has 1 aliphatic rings. The third kappa shape index (κ3) is 5.26. The second-order valence-corrected chi connectivity index (χ2v) is 7.87. The summed E-state index contributed by atoms with van der Waals surface area (Å²) in [5.41, 5.74) is 4.01. The lowest BCUT2D eigenvalue weighted by Gasteiger charge is -2.16. The van der Waals surface area contributed by atoms with Crippen LogP contribution in [0.2, 0.25) is 0 Å². The molecule has 0 saturated heterocycles. The van der Waals surface area contributed by atoms with Crippen molar-refractivity contribution in [3.63, 3.8) is 0 Å². The number of ketones is 1. The summed E-state index contributed by atoms with van der Waals surface area (Å²) in [5.74, 6) is -2.60. The van der Waals surface area contributed by atoms with Crippen molar-refractivity contribution in [3.05, 3.63) is 65.8 Å². The summed E-state index contributed by atoms with van der Waals surface area (Å²) >= 11 is 0. The van der Waals surface area contributed by atoms with Gasteiger partial charge in [0.1, 0.15) is 5.75 Å². The molecule has 2 aromatic carbocycles. The Hall–Kier alpha value is -4.00. The molecular weight excluding hydrogens is 424 g/mol. The maximum Gasteiger partial charge on any atom is 0.379 e. The topological polar surface area (TPSA) is 96.0 Å². The zero-order valence-corrected chi connectivity index (χ0v) is 18.8. The van der Waals surface area contributed by atoms with E-state index in [1.165, 1.54) is 13.0 Å². The van der Waals surface area contributed by atoms with Crippen LogP contribution in [-0.4, -0.2) is 23.7 Å². The average Bonchev–Trinajstić information content (AvgIpc) is 3.25. The van der Waals surface area contributed by atoms with Gasteiger partial charge in [-0.25, -0.2) is 14.4 Å². The second kappa shape index (κ2) is 9.65. The molecular formula is C26H24O7. The summed E-state index contributed by atoms with van der Waals surface area (Å²) in [7, 11) is 0. The first kappa shape index (κ1) is 23.7. The number of carbonyl (C=O) groups is 4. The van der Waals surface area contributed by atoms with Crippen LogP contribution < -0.4 is 14.2 Å². The smallest absolute Gasteiger partial charge is 0.379 e. The Morgan fingerprint density at radius 1 is 0.697 bits per heavy atom. The predicted molar refractivity (Wildman–Crippen MR) is 121 cm³/mol. The second-order valence-electron chi connectivity index (χ2n) is 7.87.